The Balaban J connectivity index is 2.14. The Morgan fingerprint density at radius 3 is 2.57 bits per heavy atom. The highest BCUT2D eigenvalue weighted by Crippen LogP contribution is 2.16. The van der Waals surface area contributed by atoms with E-state index in [2.05, 4.69) is 15.4 Å². The van der Waals surface area contributed by atoms with Gasteiger partial charge in [0.2, 0.25) is 5.82 Å². The van der Waals surface area contributed by atoms with Gasteiger partial charge in [-0.05, 0) is 6.07 Å². The van der Waals surface area contributed by atoms with Crippen molar-refractivity contribution in [1.29, 1.82) is 0 Å². The largest absolute Gasteiger partial charge is 0.366 e. The first-order valence-corrected chi connectivity index (χ1v) is 5.59. The molecule has 0 bridgehead atoms. The number of benzene rings is 1. The van der Waals surface area contributed by atoms with Gasteiger partial charge < -0.3 is 11.1 Å². The van der Waals surface area contributed by atoms with E-state index in [0.29, 0.717) is 0 Å². The Bertz CT molecular complexity index is 767. The van der Waals surface area contributed by atoms with Crippen LogP contribution in [0.4, 0.5) is 8.78 Å². The molecule has 1 heterocycles. The van der Waals surface area contributed by atoms with Gasteiger partial charge in [-0.2, -0.15) is 0 Å². The van der Waals surface area contributed by atoms with Gasteiger partial charge in [0.15, 0.2) is 11.6 Å². The number of nitrogens with two attached hydrogens (primary N) is 1. The Labute approximate surface area is 115 Å². The summed E-state index contributed by atoms with van der Waals surface area (Å²) in [5.74, 6) is -4.86. The maximum atomic E-state index is 13.7. The monoisotopic (exact) mass is 297 g/mol. The molecule has 1 aromatic carbocycles. The third-order valence-electron chi connectivity index (χ3n) is 2.58. The van der Waals surface area contributed by atoms with Gasteiger partial charge in [0.1, 0.15) is 0 Å². The Kier molecular flexibility index (Phi) is 3.78. The summed E-state index contributed by atoms with van der Waals surface area (Å²) in [6, 6.07) is 2.13. The molecule has 0 radical (unpaired) electrons. The maximum absolute atomic E-state index is 13.7. The topological polar surface area (TPSA) is 134 Å². The van der Waals surface area contributed by atoms with Crippen LogP contribution in [0.15, 0.2) is 16.9 Å². The summed E-state index contributed by atoms with van der Waals surface area (Å²) in [5, 5.41) is 7.58. The third kappa shape index (κ3) is 2.94. The van der Waals surface area contributed by atoms with Crippen molar-refractivity contribution in [1.82, 2.24) is 20.5 Å². The molecule has 2 rings (SSSR count). The lowest BCUT2D eigenvalue weighted by molar-refractivity contribution is 0.0938. The number of primary amides is 1. The molecule has 0 atom stereocenters. The molecule has 0 aliphatic carbocycles. The summed E-state index contributed by atoms with van der Waals surface area (Å²) in [5.41, 5.74) is 3.42. The first kappa shape index (κ1) is 14.4. The smallest absolute Gasteiger partial charge is 0.341 e. The minimum Gasteiger partial charge on any atom is -0.366 e. The standard InChI is InChI=1S/C11H9F2N5O3/c12-6-4(1-2-5(7(6)13)8(14)19)3-15-10(20)9-16-11(21)18-17-9/h1-2H,3H2,(H2,14,19)(H,15,20)(H2,16,17,18,21). The highest BCUT2D eigenvalue weighted by atomic mass is 19.2. The van der Waals surface area contributed by atoms with Crippen LogP contribution in [0.25, 0.3) is 0 Å². The molecule has 0 fully saturated rings. The predicted molar refractivity (Wildman–Crippen MR) is 65.3 cm³/mol. The van der Waals surface area contributed by atoms with Crippen LogP contribution in [0.1, 0.15) is 26.5 Å². The van der Waals surface area contributed by atoms with Gasteiger partial charge in [-0.3, -0.25) is 14.6 Å². The van der Waals surface area contributed by atoms with Crippen molar-refractivity contribution in [3.8, 4) is 0 Å². The van der Waals surface area contributed by atoms with Crippen molar-refractivity contribution in [3.63, 3.8) is 0 Å². The summed E-state index contributed by atoms with van der Waals surface area (Å²) in [6.45, 7) is -0.366. The van der Waals surface area contributed by atoms with Crippen LogP contribution in [0, 0.1) is 11.6 Å². The van der Waals surface area contributed by atoms with Crippen molar-refractivity contribution < 1.29 is 18.4 Å². The Morgan fingerprint density at radius 1 is 1.29 bits per heavy atom. The van der Waals surface area contributed by atoms with E-state index >= 15 is 0 Å². The number of nitrogens with zero attached hydrogens (tertiary/aromatic N) is 1. The van der Waals surface area contributed by atoms with E-state index in [0.717, 1.165) is 12.1 Å². The number of aromatic amines is 2. The highest BCUT2D eigenvalue weighted by molar-refractivity contribution is 5.93. The molecule has 1 aromatic heterocycles. The molecule has 5 N–H and O–H groups in total. The number of H-pyrrole nitrogens is 2. The van der Waals surface area contributed by atoms with E-state index in [4.69, 9.17) is 5.73 Å². The fraction of sp³-hybridized carbons (Fsp3) is 0.0909. The van der Waals surface area contributed by atoms with Crippen molar-refractivity contribution in [2.75, 3.05) is 0 Å². The number of aromatic nitrogens is 3. The molecule has 0 saturated carbocycles. The molecule has 2 amide bonds. The van der Waals surface area contributed by atoms with Gasteiger partial charge >= 0.3 is 5.69 Å². The number of carbonyl (C=O) groups is 2. The Hall–Kier alpha value is -3.04. The lowest BCUT2D eigenvalue weighted by Crippen LogP contribution is -2.25. The zero-order chi connectivity index (χ0) is 15.6. The quantitative estimate of drug-likeness (QED) is 0.599. The molecule has 0 unspecified atom stereocenters. The number of halogens is 2. The number of rotatable bonds is 4. The van der Waals surface area contributed by atoms with E-state index in [1.54, 1.807) is 0 Å². The Morgan fingerprint density at radius 2 is 2.00 bits per heavy atom. The van der Waals surface area contributed by atoms with Crippen LogP contribution in [-0.4, -0.2) is 27.0 Å². The van der Waals surface area contributed by atoms with Gasteiger partial charge in [-0.25, -0.2) is 18.7 Å². The van der Waals surface area contributed by atoms with Gasteiger partial charge in [0.05, 0.1) is 5.56 Å². The number of hydrogen-bond donors (Lipinski definition) is 4. The van der Waals surface area contributed by atoms with Crippen LogP contribution in [0.2, 0.25) is 0 Å². The predicted octanol–water partition coefficient (Wildman–Crippen LogP) is -0.595. The van der Waals surface area contributed by atoms with Gasteiger partial charge in [-0.1, -0.05) is 6.07 Å². The SMILES string of the molecule is NC(=O)c1ccc(CNC(=O)c2n[nH]c(=O)[nH]2)c(F)c1F. The van der Waals surface area contributed by atoms with E-state index in [9.17, 15) is 23.2 Å². The molecule has 21 heavy (non-hydrogen) atoms. The van der Waals surface area contributed by atoms with Crippen molar-refractivity contribution in [2.24, 2.45) is 5.73 Å². The van der Waals surface area contributed by atoms with Crippen molar-refractivity contribution in [3.05, 3.63) is 51.2 Å². The van der Waals surface area contributed by atoms with E-state index in [1.165, 1.54) is 0 Å². The second kappa shape index (κ2) is 5.53. The second-order valence-electron chi connectivity index (χ2n) is 3.97. The number of carbonyl (C=O) groups excluding carboxylic acids is 2. The lowest BCUT2D eigenvalue weighted by atomic mass is 10.1. The molecule has 0 aliphatic heterocycles. The highest BCUT2D eigenvalue weighted by Gasteiger charge is 2.17. The fourth-order valence-corrected chi connectivity index (χ4v) is 1.55. The molecule has 10 heteroatoms. The van der Waals surface area contributed by atoms with E-state index in [1.807, 2.05) is 5.10 Å². The molecular formula is C11H9F2N5O3. The third-order valence-corrected chi connectivity index (χ3v) is 2.58. The van der Waals surface area contributed by atoms with Crippen LogP contribution >= 0.6 is 0 Å². The number of hydrogen-bond acceptors (Lipinski definition) is 4. The average molecular weight is 297 g/mol. The first-order valence-electron chi connectivity index (χ1n) is 5.59. The fourth-order valence-electron chi connectivity index (χ4n) is 1.55. The molecule has 0 spiro atoms. The van der Waals surface area contributed by atoms with Crippen LogP contribution < -0.4 is 16.7 Å². The van der Waals surface area contributed by atoms with E-state index in [-0.39, 0.29) is 17.9 Å². The zero-order valence-corrected chi connectivity index (χ0v) is 10.4. The van der Waals surface area contributed by atoms with Gasteiger partial charge in [0.25, 0.3) is 11.8 Å². The minimum absolute atomic E-state index is 0.191. The van der Waals surface area contributed by atoms with Crippen LogP contribution in [0.5, 0.6) is 0 Å². The summed E-state index contributed by atoms with van der Waals surface area (Å²) < 4.78 is 27.2. The number of nitrogens with one attached hydrogen (secondary N) is 3. The maximum Gasteiger partial charge on any atom is 0.341 e. The molecule has 0 saturated heterocycles. The summed E-state index contributed by atoms with van der Waals surface area (Å²) >= 11 is 0. The summed E-state index contributed by atoms with van der Waals surface area (Å²) in [6.07, 6.45) is 0. The summed E-state index contributed by atoms with van der Waals surface area (Å²) in [4.78, 5) is 35.2. The van der Waals surface area contributed by atoms with Gasteiger partial charge in [0, 0.05) is 12.1 Å². The van der Waals surface area contributed by atoms with Crippen molar-refractivity contribution in [2.45, 2.75) is 6.54 Å². The van der Waals surface area contributed by atoms with Crippen molar-refractivity contribution >= 4 is 11.8 Å². The molecule has 2 aromatic rings. The normalized spacial score (nSPS) is 10.4. The molecular weight excluding hydrogens is 288 g/mol. The van der Waals surface area contributed by atoms with Crippen LogP contribution in [0.3, 0.4) is 0 Å². The lowest BCUT2D eigenvalue weighted by Gasteiger charge is -2.07. The summed E-state index contributed by atoms with van der Waals surface area (Å²) in [7, 11) is 0. The molecule has 110 valence electrons. The van der Waals surface area contributed by atoms with Crippen LogP contribution in [-0.2, 0) is 6.54 Å². The zero-order valence-electron chi connectivity index (χ0n) is 10.4. The van der Waals surface area contributed by atoms with Gasteiger partial charge in [-0.15, -0.1) is 5.10 Å². The molecule has 0 aliphatic rings. The molecule has 8 nitrogen and oxygen atoms in total. The second-order valence-corrected chi connectivity index (χ2v) is 3.97. The van der Waals surface area contributed by atoms with E-state index < -0.39 is 34.7 Å². The first-order chi connectivity index (χ1) is 9.90. The minimum atomic E-state index is -1.39. The number of amides is 2. The average Bonchev–Trinajstić information content (AvgIpc) is 2.86.